The molecule has 0 aromatic heterocycles. The lowest BCUT2D eigenvalue weighted by Crippen LogP contribution is -2.28. The normalized spacial score (nSPS) is 21.2. The Morgan fingerprint density at radius 1 is 0.826 bits per heavy atom. The van der Waals surface area contributed by atoms with Crippen LogP contribution in [0, 0.1) is 11.8 Å². The topological polar surface area (TPSA) is 0 Å². The Morgan fingerprint density at radius 3 is 1.83 bits per heavy atom. The van der Waals surface area contributed by atoms with Gasteiger partial charge in [-0.1, -0.05) is 93.8 Å². The minimum absolute atomic E-state index is 0.235. The van der Waals surface area contributed by atoms with E-state index in [1.54, 1.807) is 10.6 Å². The van der Waals surface area contributed by atoms with E-state index in [-0.39, 0.29) is 7.92 Å². The van der Waals surface area contributed by atoms with Gasteiger partial charge in [0.25, 0.3) is 0 Å². The maximum Gasteiger partial charge on any atom is -0.00978 e. The van der Waals surface area contributed by atoms with Gasteiger partial charge in [0.05, 0.1) is 0 Å². The van der Waals surface area contributed by atoms with Crippen molar-refractivity contribution in [2.75, 3.05) is 0 Å². The van der Waals surface area contributed by atoms with E-state index in [1.165, 1.54) is 32.1 Å². The number of benzene rings is 2. The Kier molecular flexibility index (Phi) is 5.90. The van der Waals surface area contributed by atoms with Gasteiger partial charge in [0.15, 0.2) is 0 Å². The van der Waals surface area contributed by atoms with Gasteiger partial charge >= 0.3 is 0 Å². The van der Waals surface area contributed by atoms with Crippen molar-refractivity contribution in [3.63, 3.8) is 0 Å². The van der Waals surface area contributed by atoms with Crippen LogP contribution in [-0.2, 0) is 0 Å². The molecule has 2 aromatic carbocycles. The highest BCUT2D eigenvalue weighted by Gasteiger charge is 2.38. The van der Waals surface area contributed by atoms with Crippen LogP contribution in [0.4, 0.5) is 0 Å². The third-order valence-corrected chi connectivity index (χ3v) is 8.60. The Hall–Kier alpha value is -1.13. The molecule has 1 heteroatoms. The van der Waals surface area contributed by atoms with Crippen molar-refractivity contribution < 1.29 is 0 Å². The maximum absolute atomic E-state index is 2.39. The Bertz CT molecular complexity index is 534. The first-order valence-electron chi connectivity index (χ1n) is 9.24. The van der Waals surface area contributed by atoms with E-state index in [0.29, 0.717) is 0 Å². The maximum atomic E-state index is 2.39. The standard InChI is InChI=1S/C22H29P/c1-3-18(4-2)21-16-11-17-22(21)23(19-12-7-5-8-13-19)20-14-9-6-10-15-20/h5-10,12-15,18,21-22H,3-4,11,16-17H2,1-2H3. The molecule has 3 rings (SSSR count). The molecule has 0 radical (unpaired) electrons. The largest absolute Gasteiger partial charge is 0.0651 e. The van der Waals surface area contributed by atoms with Crippen LogP contribution in [0.2, 0.25) is 0 Å². The van der Waals surface area contributed by atoms with Crippen LogP contribution in [0.25, 0.3) is 0 Å². The lowest BCUT2D eigenvalue weighted by Gasteiger charge is -2.34. The summed E-state index contributed by atoms with van der Waals surface area (Å²) in [6, 6.07) is 22.6. The van der Waals surface area contributed by atoms with Crippen LogP contribution >= 0.6 is 7.92 Å². The van der Waals surface area contributed by atoms with Crippen LogP contribution in [0.15, 0.2) is 60.7 Å². The van der Waals surface area contributed by atoms with E-state index >= 15 is 0 Å². The highest BCUT2D eigenvalue weighted by Crippen LogP contribution is 2.52. The zero-order valence-electron chi connectivity index (χ0n) is 14.5. The minimum atomic E-state index is -0.235. The molecular formula is C22H29P. The van der Waals surface area contributed by atoms with Gasteiger partial charge in [0.2, 0.25) is 0 Å². The molecule has 2 unspecified atom stereocenters. The number of rotatable bonds is 6. The molecule has 1 fully saturated rings. The first-order valence-corrected chi connectivity index (χ1v) is 10.7. The highest BCUT2D eigenvalue weighted by molar-refractivity contribution is 7.73. The van der Waals surface area contributed by atoms with Crippen LogP contribution in [-0.4, -0.2) is 5.66 Å². The summed E-state index contributed by atoms with van der Waals surface area (Å²) in [5, 5.41) is 3.13. The van der Waals surface area contributed by atoms with Crippen molar-refractivity contribution >= 4 is 18.5 Å². The van der Waals surface area contributed by atoms with E-state index < -0.39 is 0 Å². The third-order valence-electron chi connectivity index (χ3n) is 5.59. The summed E-state index contributed by atoms with van der Waals surface area (Å²) in [6.45, 7) is 4.77. The van der Waals surface area contributed by atoms with E-state index in [2.05, 4.69) is 74.5 Å². The van der Waals surface area contributed by atoms with Gasteiger partial charge in [-0.2, -0.15) is 0 Å². The molecule has 0 saturated heterocycles. The van der Waals surface area contributed by atoms with Crippen LogP contribution in [0.1, 0.15) is 46.0 Å². The second-order valence-electron chi connectivity index (χ2n) is 6.78. The fourth-order valence-electron chi connectivity index (χ4n) is 4.44. The fraction of sp³-hybridized carbons (Fsp3) is 0.455. The summed E-state index contributed by atoms with van der Waals surface area (Å²) in [4.78, 5) is 0. The molecule has 0 aliphatic heterocycles. The molecule has 0 N–H and O–H groups in total. The van der Waals surface area contributed by atoms with E-state index in [0.717, 1.165) is 17.5 Å². The quantitative estimate of drug-likeness (QED) is 0.596. The number of hydrogen-bond acceptors (Lipinski definition) is 0. The Morgan fingerprint density at radius 2 is 1.35 bits per heavy atom. The second kappa shape index (κ2) is 8.11. The van der Waals surface area contributed by atoms with Gasteiger partial charge in [-0.25, -0.2) is 0 Å². The van der Waals surface area contributed by atoms with Gasteiger partial charge in [-0.3, -0.25) is 0 Å². The van der Waals surface area contributed by atoms with Crippen molar-refractivity contribution in [3.05, 3.63) is 60.7 Å². The van der Waals surface area contributed by atoms with Gasteiger partial charge in [0.1, 0.15) is 0 Å². The molecule has 23 heavy (non-hydrogen) atoms. The van der Waals surface area contributed by atoms with E-state index in [9.17, 15) is 0 Å². The molecule has 1 aliphatic carbocycles. The van der Waals surface area contributed by atoms with Crippen LogP contribution in [0.5, 0.6) is 0 Å². The lowest BCUT2D eigenvalue weighted by atomic mass is 9.86. The van der Waals surface area contributed by atoms with Crippen molar-refractivity contribution in [1.29, 1.82) is 0 Å². The molecular weight excluding hydrogens is 295 g/mol. The molecule has 1 aliphatic rings. The Balaban J connectivity index is 1.98. The van der Waals surface area contributed by atoms with Crippen LogP contribution < -0.4 is 10.6 Å². The predicted molar refractivity (Wildman–Crippen MR) is 104 cm³/mol. The summed E-state index contributed by atoms with van der Waals surface area (Å²) < 4.78 is 0. The van der Waals surface area contributed by atoms with Gasteiger partial charge in [0, 0.05) is 0 Å². The fourth-order valence-corrected chi connectivity index (χ4v) is 7.71. The molecule has 0 heterocycles. The SMILES string of the molecule is CCC(CC)C1CCCC1P(c1ccccc1)c1ccccc1. The minimum Gasteiger partial charge on any atom is -0.0651 e. The molecule has 0 nitrogen and oxygen atoms in total. The zero-order valence-corrected chi connectivity index (χ0v) is 15.4. The summed E-state index contributed by atoms with van der Waals surface area (Å²) in [5.41, 5.74) is 0.861. The molecule has 1 saturated carbocycles. The average molecular weight is 324 g/mol. The van der Waals surface area contributed by atoms with Gasteiger partial charge in [-0.15, -0.1) is 0 Å². The average Bonchev–Trinajstić information content (AvgIpc) is 3.07. The van der Waals surface area contributed by atoms with Crippen molar-refractivity contribution in [2.45, 2.75) is 51.6 Å². The monoisotopic (exact) mass is 324 g/mol. The second-order valence-corrected chi connectivity index (χ2v) is 9.22. The zero-order chi connectivity index (χ0) is 16.1. The molecule has 0 spiro atoms. The first kappa shape index (κ1) is 16.7. The van der Waals surface area contributed by atoms with Crippen molar-refractivity contribution in [1.82, 2.24) is 0 Å². The lowest BCUT2D eigenvalue weighted by molar-refractivity contribution is 0.324. The summed E-state index contributed by atoms with van der Waals surface area (Å²) in [5.74, 6) is 1.82. The molecule has 122 valence electrons. The predicted octanol–water partition coefficient (Wildman–Crippen LogP) is 5.72. The number of hydrogen-bond donors (Lipinski definition) is 0. The van der Waals surface area contributed by atoms with E-state index in [1.807, 2.05) is 0 Å². The van der Waals surface area contributed by atoms with Gasteiger partial charge < -0.3 is 0 Å². The van der Waals surface area contributed by atoms with Crippen molar-refractivity contribution in [3.8, 4) is 0 Å². The molecule has 2 aromatic rings. The highest BCUT2D eigenvalue weighted by atomic mass is 31.1. The Labute approximate surface area is 143 Å². The molecule has 2 atom stereocenters. The smallest absolute Gasteiger partial charge is 0.00978 e. The third kappa shape index (κ3) is 3.69. The molecule has 0 amide bonds. The summed E-state index contributed by atoms with van der Waals surface area (Å²) in [6.07, 6.45) is 6.95. The van der Waals surface area contributed by atoms with Crippen molar-refractivity contribution in [2.24, 2.45) is 11.8 Å². The van der Waals surface area contributed by atoms with Crippen LogP contribution in [0.3, 0.4) is 0 Å². The summed E-state index contributed by atoms with van der Waals surface area (Å²) >= 11 is 0. The molecule has 0 bridgehead atoms. The first-order chi connectivity index (χ1) is 11.3. The van der Waals surface area contributed by atoms with Gasteiger partial charge in [-0.05, 0) is 48.9 Å². The summed E-state index contributed by atoms with van der Waals surface area (Å²) in [7, 11) is -0.235. The van der Waals surface area contributed by atoms with E-state index in [4.69, 9.17) is 0 Å².